The first kappa shape index (κ1) is 19.7. The van der Waals surface area contributed by atoms with E-state index >= 15 is 0 Å². The summed E-state index contributed by atoms with van der Waals surface area (Å²) >= 11 is 1.65. The summed E-state index contributed by atoms with van der Waals surface area (Å²) in [4.78, 5) is 13.8. The van der Waals surface area contributed by atoms with Gasteiger partial charge in [-0.15, -0.1) is 11.3 Å². The number of hydrogen-bond donors (Lipinski definition) is 1. The van der Waals surface area contributed by atoms with Gasteiger partial charge in [-0.3, -0.25) is 9.10 Å². The third-order valence-electron chi connectivity index (χ3n) is 5.03. The van der Waals surface area contributed by atoms with E-state index in [1.54, 1.807) is 29.5 Å². The maximum atomic E-state index is 13.3. The van der Waals surface area contributed by atoms with Crippen molar-refractivity contribution < 1.29 is 13.2 Å². The third-order valence-corrected chi connectivity index (χ3v) is 7.90. The predicted octanol–water partition coefficient (Wildman–Crippen LogP) is 3.86. The highest BCUT2D eigenvalue weighted by Crippen LogP contribution is 2.36. The second-order valence-electron chi connectivity index (χ2n) is 7.10. The van der Waals surface area contributed by atoms with Crippen molar-refractivity contribution in [3.8, 4) is 0 Å². The summed E-state index contributed by atoms with van der Waals surface area (Å²) in [5.74, 6) is -0.270. The first-order chi connectivity index (χ1) is 14.0. The molecule has 5 nitrogen and oxygen atoms in total. The van der Waals surface area contributed by atoms with E-state index in [2.05, 4.69) is 5.32 Å². The SMILES string of the molecule is CC1Cc2ccccc2N1S(=O)(=O)c1cccc(C(=O)NCCc2cccs2)c1. The Morgan fingerprint density at radius 1 is 1.14 bits per heavy atom. The number of hydrogen-bond acceptors (Lipinski definition) is 4. The van der Waals surface area contributed by atoms with Gasteiger partial charge in [-0.25, -0.2) is 8.42 Å². The first-order valence-electron chi connectivity index (χ1n) is 9.50. The topological polar surface area (TPSA) is 66.5 Å². The van der Waals surface area contributed by atoms with Crippen LogP contribution in [0.15, 0.2) is 70.9 Å². The highest BCUT2D eigenvalue weighted by molar-refractivity contribution is 7.92. The summed E-state index contributed by atoms with van der Waals surface area (Å²) in [5, 5.41) is 4.87. The van der Waals surface area contributed by atoms with E-state index in [1.807, 2.05) is 48.7 Å². The molecule has 1 aliphatic heterocycles. The Morgan fingerprint density at radius 3 is 2.76 bits per heavy atom. The number of para-hydroxylation sites is 1. The monoisotopic (exact) mass is 426 g/mol. The molecular formula is C22H22N2O3S2. The van der Waals surface area contributed by atoms with Gasteiger partial charge >= 0.3 is 0 Å². The van der Waals surface area contributed by atoms with Crippen molar-refractivity contribution in [1.29, 1.82) is 0 Å². The van der Waals surface area contributed by atoms with Crippen LogP contribution in [0.3, 0.4) is 0 Å². The van der Waals surface area contributed by atoms with Crippen LogP contribution in [0.5, 0.6) is 0 Å². The Morgan fingerprint density at radius 2 is 1.97 bits per heavy atom. The van der Waals surface area contributed by atoms with Crippen molar-refractivity contribution in [2.75, 3.05) is 10.8 Å². The number of carbonyl (C=O) groups is 1. The van der Waals surface area contributed by atoms with Gasteiger partial charge in [0.1, 0.15) is 0 Å². The largest absolute Gasteiger partial charge is 0.352 e. The lowest BCUT2D eigenvalue weighted by molar-refractivity contribution is 0.0954. The van der Waals surface area contributed by atoms with Gasteiger partial charge in [0.15, 0.2) is 0 Å². The number of sulfonamides is 1. The van der Waals surface area contributed by atoms with Crippen LogP contribution in [-0.4, -0.2) is 26.9 Å². The zero-order valence-electron chi connectivity index (χ0n) is 16.0. The van der Waals surface area contributed by atoms with Gasteiger partial charge in [0.25, 0.3) is 15.9 Å². The minimum absolute atomic E-state index is 0.131. The fourth-order valence-corrected chi connectivity index (χ4v) is 6.12. The number of nitrogens with zero attached hydrogens (tertiary/aromatic N) is 1. The molecule has 0 saturated carbocycles. The van der Waals surface area contributed by atoms with Crippen LogP contribution in [0, 0.1) is 0 Å². The summed E-state index contributed by atoms with van der Waals surface area (Å²) in [5.41, 5.74) is 2.08. The molecule has 1 N–H and O–H groups in total. The molecule has 1 aliphatic rings. The van der Waals surface area contributed by atoms with Gasteiger partial charge in [0, 0.05) is 23.0 Å². The quantitative estimate of drug-likeness (QED) is 0.651. The Labute approximate surface area is 175 Å². The molecule has 0 spiro atoms. The molecule has 0 saturated heterocycles. The number of rotatable bonds is 6. The summed E-state index contributed by atoms with van der Waals surface area (Å²) in [6, 6.07) is 17.7. The summed E-state index contributed by atoms with van der Waals surface area (Å²) < 4.78 is 28.2. The van der Waals surface area contributed by atoms with Crippen molar-refractivity contribution in [1.82, 2.24) is 5.32 Å². The van der Waals surface area contributed by atoms with E-state index in [9.17, 15) is 13.2 Å². The van der Waals surface area contributed by atoms with Crippen molar-refractivity contribution in [2.45, 2.75) is 30.7 Å². The molecule has 150 valence electrons. The standard InChI is InChI=1S/C22H22N2O3S2/c1-16-14-17-6-2-3-10-21(17)24(16)29(26,27)20-9-4-7-18(15-20)22(25)23-12-11-19-8-5-13-28-19/h2-10,13,15-16H,11-12,14H2,1H3,(H,23,25). The smallest absolute Gasteiger partial charge is 0.264 e. The van der Waals surface area contributed by atoms with Crippen LogP contribution in [0.1, 0.15) is 27.7 Å². The van der Waals surface area contributed by atoms with Gasteiger partial charge in [0.2, 0.25) is 0 Å². The molecule has 1 amide bonds. The fourth-order valence-electron chi connectivity index (χ4n) is 3.67. The maximum Gasteiger partial charge on any atom is 0.264 e. The van der Waals surface area contributed by atoms with E-state index in [-0.39, 0.29) is 16.8 Å². The molecular weight excluding hydrogens is 404 g/mol. The summed E-state index contributed by atoms with van der Waals surface area (Å²) in [7, 11) is -3.76. The number of nitrogens with one attached hydrogen (secondary N) is 1. The minimum atomic E-state index is -3.76. The molecule has 29 heavy (non-hydrogen) atoms. The first-order valence-corrected chi connectivity index (χ1v) is 11.8. The zero-order chi connectivity index (χ0) is 20.4. The number of anilines is 1. The van der Waals surface area contributed by atoms with Crippen LogP contribution in [0.2, 0.25) is 0 Å². The molecule has 0 aliphatic carbocycles. The van der Waals surface area contributed by atoms with E-state index in [1.165, 1.54) is 15.2 Å². The highest BCUT2D eigenvalue weighted by atomic mass is 32.2. The molecule has 0 fully saturated rings. The van der Waals surface area contributed by atoms with Crippen LogP contribution in [0.25, 0.3) is 0 Å². The second kappa shape index (κ2) is 8.00. The van der Waals surface area contributed by atoms with Gasteiger partial charge in [-0.05, 0) is 61.0 Å². The third kappa shape index (κ3) is 3.93. The minimum Gasteiger partial charge on any atom is -0.352 e. The van der Waals surface area contributed by atoms with Gasteiger partial charge < -0.3 is 5.32 Å². The second-order valence-corrected chi connectivity index (χ2v) is 9.94. The number of thiophene rings is 1. The van der Waals surface area contributed by atoms with Crippen LogP contribution >= 0.6 is 11.3 Å². The van der Waals surface area contributed by atoms with Crippen LogP contribution < -0.4 is 9.62 Å². The van der Waals surface area contributed by atoms with Gasteiger partial charge in [0.05, 0.1) is 10.6 Å². The van der Waals surface area contributed by atoms with Crippen LogP contribution in [-0.2, 0) is 22.9 Å². The van der Waals surface area contributed by atoms with E-state index < -0.39 is 10.0 Å². The molecule has 1 atom stereocenters. The normalized spacial score (nSPS) is 15.9. The molecule has 2 heterocycles. The maximum absolute atomic E-state index is 13.3. The lowest BCUT2D eigenvalue weighted by atomic mass is 10.1. The van der Waals surface area contributed by atoms with Gasteiger partial charge in [-0.1, -0.05) is 30.3 Å². The van der Waals surface area contributed by atoms with Gasteiger partial charge in [-0.2, -0.15) is 0 Å². The summed E-state index contributed by atoms with van der Waals surface area (Å²) in [6.45, 7) is 2.41. The molecule has 1 unspecified atom stereocenters. The van der Waals surface area contributed by atoms with E-state index in [0.29, 0.717) is 24.2 Å². The molecule has 0 radical (unpaired) electrons. The van der Waals surface area contributed by atoms with E-state index in [4.69, 9.17) is 0 Å². The highest BCUT2D eigenvalue weighted by Gasteiger charge is 2.36. The number of carbonyl (C=O) groups excluding carboxylic acids is 1. The van der Waals surface area contributed by atoms with Crippen molar-refractivity contribution >= 4 is 33.0 Å². The van der Waals surface area contributed by atoms with Crippen molar-refractivity contribution in [2.24, 2.45) is 0 Å². The van der Waals surface area contributed by atoms with Crippen molar-refractivity contribution in [3.63, 3.8) is 0 Å². The zero-order valence-corrected chi connectivity index (χ0v) is 17.7. The van der Waals surface area contributed by atoms with Crippen molar-refractivity contribution in [3.05, 3.63) is 82.0 Å². The Balaban J connectivity index is 1.54. The predicted molar refractivity (Wildman–Crippen MR) is 116 cm³/mol. The molecule has 0 bridgehead atoms. The number of benzene rings is 2. The number of amides is 1. The Kier molecular flexibility index (Phi) is 5.43. The molecule has 2 aromatic carbocycles. The Hall–Kier alpha value is -2.64. The molecule has 4 rings (SSSR count). The molecule has 7 heteroatoms. The Bertz CT molecular complexity index is 1120. The average molecular weight is 427 g/mol. The molecule has 1 aromatic heterocycles. The number of fused-ring (bicyclic) bond motifs is 1. The summed E-state index contributed by atoms with van der Waals surface area (Å²) in [6.07, 6.45) is 1.43. The van der Waals surface area contributed by atoms with E-state index in [0.717, 1.165) is 12.0 Å². The average Bonchev–Trinajstić information content (AvgIpc) is 3.34. The fraction of sp³-hybridized carbons (Fsp3) is 0.227. The lowest BCUT2D eigenvalue weighted by Gasteiger charge is -2.24. The lowest BCUT2D eigenvalue weighted by Crippen LogP contribution is -2.36. The molecule has 3 aromatic rings. The van der Waals surface area contributed by atoms with Crippen LogP contribution in [0.4, 0.5) is 5.69 Å².